The molecule has 4 rings (SSSR count). The second-order valence-corrected chi connectivity index (χ2v) is 6.93. The first-order valence-corrected chi connectivity index (χ1v) is 11.5. The zero-order valence-electron chi connectivity index (χ0n) is 21.4. The molecule has 38 heavy (non-hydrogen) atoms. The molecule has 0 atom stereocenters. The number of carbonyl (C=O) groups excluding carboxylic acids is 1. The van der Waals surface area contributed by atoms with Crippen molar-refractivity contribution in [2.75, 3.05) is 17.7 Å². The van der Waals surface area contributed by atoms with Crippen molar-refractivity contribution in [3.05, 3.63) is 102 Å². The van der Waals surface area contributed by atoms with Gasteiger partial charge in [-0.25, -0.2) is 19.7 Å². The Bertz CT molecular complexity index is 1420. The number of rotatable bonds is 8. The molecular formula is C27H30N8O3. The van der Waals surface area contributed by atoms with Gasteiger partial charge in [-0.3, -0.25) is 4.79 Å². The Kier molecular flexibility index (Phi) is 11.4. The smallest absolute Gasteiger partial charge is 0.345 e. The van der Waals surface area contributed by atoms with Gasteiger partial charge in [0.25, 0.3) is 5.91 Å². The van der Waals surface area contributed by atoms with E-state index in [1.807, 2.05) is 19.9 Å². The fraction of sp³-hybridized carbons (Fsp3) is 0.111. The standard InChI is InChI=1S/C21H18N8O3.C4H6.C2H6/c1-32-17-12(14-8-10-24-21(31)27-14)5-4-6-15(17)26-19-13(18(22)30)11-25-20(29-19)28-16-7-2-3-9-23-16;1-3-4-2;1-2/h2-11H,1H3,(H2,22,30)(H,24,27,31)(H2,23,25,26,28,29);3-4H,1-2H2;1-2H3. The van der Waals surface area contributed by atoms with Gasteiger partial charge in [-0.2, -0.15) is 4.98 Å². The van der Waals surface area contributed by atoms with Crippen LogP contribution in [0.25, 0.3) is 11.3 Å². The van der Waals surface area contributed by atoms with Gasteiger partial charge in [-0.15, -0.1) is 0 Å². The van der Waals surface area contributed by atoms with Crippen LogP contribution in [-0.2, 0) is 0 Å². The number of hydrogen-bond donors (Lipinski definition) is 4. The molecule has 1 aromatic carbocycles. The Morgan fingerprint density at radius 2 is 1.76 bits per heavy atom. The first-order chi connectivity index (χ1) is 18.5. The van der Waals surface area contributed by atoms with E-state index in [1.54, 1.807) is 54.7 Å². The van der Waals surface area contributed by atoms with Crippen molar-refractivity contribution >= 4 is 29.2 Å². The lowest BCUT2D eigenvalue weighted by atomic mass is 10.1. The van der Waals surface area contributed by atoms with E-state index in [4.69, 9.17) is 10.5 Å². The van der Waals surface area contributed by atoms with Gasteiger partial charge in [0.1, 0.15) is 17.2 Å². The number of para-hydroxylation sites is 1. The summed E-state index contributed by atoms with van der Waals surface area (Å²) >= 11 is 0. The number of H-pyrrole nitrogens is 1. The molecular weight excluding hydrogens is 484 g/mol. The van der Waals surface area contributed by atoms with Gasteiger partial charge in [0.15, 0.2) is 5.75 Å². The minimum absolute atomic E-state index is 0.0846. The highest BCUT2D eigenvalue weighted by atomic mass is 16.5. The molecule has 0 spiro atoms. The van der Waals surface area contributed by atoms with Gasteiger partial charge in [-0.05, 0) is 30.3 Å². The number of carbonyl (C=O) groups is 1. The van der Waals surface area contributed by atoms with Crippen LogP contribution in [0.4, 0.5) is 23.3 Å². The van der Waals surface area contributed by atoms with Gasteiger partial charge < -0.3 is 26.1 Å². The maximum atomic E-state index is 12.0. The molecule has 0 radical (unpaired) electrons. The third-order valence-corrected chi connectivity index (χ3v) is 4.56. The summed E-state index contributed by atoms with van der Waals surface area (Å²) in [6.07, 6.45) is 7.62. The number of amides is 1. The average Bonchev–Trinajstić information content (AvgIpc) is 2.94. The Balaban J connectivity index is 0.000000773. The predicted octanol–water partition coefficient (Wildman–Crippen LogP) is 4.60. The van der Waals surface area contributed by atoms with E-state index in [0.29, 0.717) is 28.5 Å². The lowest BCUT2D eigenvalue weighted by Crippen LogP contribution is -2.16. The van der Waals surface area contributed by atoms with Gasteiger partial charge in [0, 0.05) is 24.2 Å². The Morgan fingerprint density at radius 3 is 2.37 bits per heavy atom. The van der Waals surface area contributed by atoms with Crippen molar-refractivity contribution in [3.8, 4) is 17.0 Å². The summed E-state index contributed by atoms with van der Waals surface area (Å²) in [5, 5.41) is 6.04. The van der Waals surface area contributed by atoms with Crippen LogP contribution in [0.5, 0.6) is 5.75 Å². The number of anilines is 4. The molecule has 0 saturated heterocycles. The summed E-state index contributed by atoms with van der Waals surface area (Å²) in [7, 11) is 1.49. The lowest BCUT2D eigenvalue weighted by molar-refractivity contribution is 0.100. The summed E-state index contributed by atoms with van der Waals surface area (Å²) in [6.45, 7) is 10.7. The summed E-state index contributed by atoms with van der Waals surface area (Å²) < 4.78 is 5.58. The number of allylic oxidation sites excluding steroid dienone is 2. The first kappa shape index (κ1) is 28.9. The second kappa shape index (κ2) is 14.9. The molecule has 11 nitrogen and oxygen atoms in total. The summed E-state index contributed by atoms with van der Waals surface area (Å²) in [4.78, 5) is 42.6. The van der Waals surface area contributed by atoms with E-state index in [9.17, 15) is 9.59 Å². The molecule has 3 heterocycles. The number of nitrogens with two attached hydrogens (primary N) is 1. The van der Waals surface area contributed by atoms with Crippen molar-refractivity contribution in [2.45, 2.75) is 13.8 Å². The highest BCUT2D eigenvalue weighted by Gasteiger charge is 2.17. The number of pyridine rings is 1. The highest BCUT2D eigenvalue weighted by molar-refractivity contribution is 5.98. The largest absolute Gasteiger partial charge is 0.494 e. The van der Waals surface area contributed by atoms with Crippen LogP contribution in [-0.4, -0.2) is 37.9 Å². The Labute approximate surface area is 220 Å². The third-order valence-electron chi connectivity index (χ3n) is 4.56. The minimum atomic E-state index is -0.703. The number of aromatic amines is 1. The molecule has 0 bridgehead atoms. The van der Waals surface area contributed by atoms with Gasteiger partial charge in [-0.1, -0.05) is 51.3 Å². The van der Waals surface area contributed by atoms with Crippen molar-refractivity contribution in [3.63, 3.8) is 0 Å². The van der Waals surface area contributed by atoms with Crippen LogP contribution in [0.1, 0.15) is 24.2 Å². The normalized spacial score (nSPS) is 9.45. The number of ether oxygens (including phenoxy) is 1. The third kappa shape index (κ3) is 7.85. The van der Waals surface area contributed by atoms with Crippen molar-refractivity contribution in [2.24, 2.45) is 5.73 Å². The van der Waals surface area contributed by atoms with Crippen LogP contribution >= 0.6 is 0 Å². The fourth-order valence-corrected chi connectivity index (χ4v) is 2.99. The number of nitrogens with zero attached hydrogens (tertiary/aromatic N) is 4. The highest BCUT2D eigenvalue weighted by Crippen LogP contribution is 2.37. The maximum Gasteiger partial charge on any atom is 0.345 e. The van der Waals surface area contributed by atoms with Crippen molar-refractivity contribution < 1.29 is 9.53 Å². The quantitative estimate of drug-likeness (QED) is 0.246. The van der Waals surface area contributed by atoms with Crippen LogP contribution in [0.3, 0.4) is 0 Å². The molecule has 0 unspecified atom stereocenters. The molecule has 0 fully saturated rings. The van der Waals surface area contributed by atoms with Crippen LogP contribution < -0.4 is 26.8 Å². The van der Waals surface area contributed by atoms with E-state index >= 15 is 0 Å². The van der Waals surface area contributed by atoms with E-state index in [2.05, 4.69) is 48.7 Å². The predicted molar refractivity (Wildman–Crippen MR) is 150 cm³/mol. The zero-order chi connectivity index (χ0) is 27.9. The topological polar surface area (TPSA) is 161 Å². The molecule has 0 aliphatic carbocycles. The summed E-state index contributed by atoms with van der Waals surface area (Å²) in [5.74, 6) is 0.633. The molecule has 5 N–H and O–H groups in total. The fourth-order valence-electron chi connectivity index (χ4n) is 2.99. The maximum absolute atomic E-state index is 12.0. The number of aromatic nitrogens is 5. The van der Waals surface area contributed by atoms with Crippen LogP contribution in [0.2, 0.25) is 0 Å². The van der Waals surface area contributed by atoms with E-state index in [1.165, 1.54) is 19.5 Å². The lowest BCUT2D eigenvalue weighted by Gasteiger charge is -2.16. The van der Waals surface area contributed by atoms with Crippen molar-refractivity contribution in [1.82, 2.24) is 24.9 Å². The number of primary amides is 1. The number of methoxy groups -OCH3 is 1. The van der Waals surface area contributed by atoms with Gasteiger partial charge in [0.2, 0.25) is 5.95 Å². The Morgan fingerprint density at radius 1 is 1.00 bits per heavy atom. The van der Waals surface area contributed by atoms with Gasteiger partial charge >= 0.3 is 5.69 Å². The number of benzene rings is 1. The van der Waals surface area contributed by atoms with Crippen LogP contribution in [0.15, 0.2) is 91.2 Å². The van der Waals surface area contributed by atoms with E-state index in [-0.39, 0.29) is 17.3 Å². The van der Waals surface area contributed by atoms with Gasteiger partial charge in [0.05, 0.1) is 18.5 Å². The summed E-state index contributed by atoms with van der Waals surface area (Å²) in [6, 6.07) is 12.3. The molecule has 1 amide bonds. The SMILES string of the molecule is C=CC=C.CC.COc1c(Nc2nc(Nc3ccccn3)ncc2C(N)=O)cccc1-c1ccnc(=O)[nH]1. The summed E-state index contributed by atoms with van der Waals surface area (Å²) in [5.41, 5.74) is 6.73. The molecule has 3 aromatic heterocycles. The van der Waals surface area contributed by atoms with Crippen LogP contribution in [0, 0.1) is 0 Å². The van der Waals surface area contributed by atoms with E-state index < -0.39 is 11.6 Å². The molecule has 0 aliphatic rings. The molecule has 0 aliphatic heterocycles. The Hall–Kier alpha value is -5.32. The monoisotopic (exact) mass is 514 g/mol. The molecule has 0 saturated carbocycles. The first-order valence-electron chi connectivity index (χ1n) is 11.5. The molecule has 4 aromatic rings. The molecule has 196 valence electrons. The zero-order valence-corrected chi connectivity index (χ0v) is 21.4. The minimum Gasteiger partial charge on any atom is -0.494 e. The van der Waals surface area contributed by atoms with E-state index in [0.717, 1.165) is 0 Å². The average molecular weight is 515 g/mol. The second-order valence-electron chi connectivity index (χ2n) is 6.93. The van der Waals surface area contributed by atoms with Crippen molar-refractivity contribution in [1.29, 1.82) is 0 Å². The number of nitrogens with one attached hydrogen (secondary N) is 3. The number of hydrogen-bond acceptors (Lipinski definition) is 9. The molecule has 11 heteroatoms.